The summed E-state index contributed by atoms with van der Waals surface area (Å²) < 4.78 is 0. The second-order valence-electron chi connectivity index (χ2n) is 5.56. The Labute approximate surface area is 123 Å². The molecule has 1 aromatic carbocycles. The van der Waals surface area contributed by atoms with E-state index in [4.69, 9.17) is 0 Å². The predicted octanol–water partition coefficient (Wildman–Crippen LogP) is 1.14. The summed E-state index contributed by atoms with van der Waals surface area (Å²) in [5.74, 6) is 0.878. The molecule has 1 aliphatic rings. The molecule has 1 fully saturated rings. The van der Waals surface area contributed by atoms with Gasteiger partial charge in [0.2, 0.25) is 5.91 Å². The molecule has 2 aromatic rings. The van der Waals surface area contributed by atoms with Crippen molar-refractivity contribution in [3.05, 3.63) is 41.7 Å². The number of rotatable bonds is 2. The van der Waals surface area contributed by atoms with E-state index in [0.717, 1.165) is 31.8 Å². The molecule has 0 radical (unpaired) electrons. The van der Waals surface area contributed by atoms with Gasteiger partial charge in [-0.25, -0.2) is 0 Å². The summed E-state index contributed by atoms with van der Waals surface area (Å²) in [5.41, 5.74) is 0.947. The van der Waals surface area contributed by atoms with Crippen molar-refractivity contribution >= 4 is 5.91 Å². The summed E-state index contributed by atoms with van der Waals surface area (Å²) in [6.45, 7) is 3.07. The molecule has 6 heteroatoms. The molecule has 1 saturated heterocycles. The molecule has 0 saturated carbocycles. The first-order valence-corrected chi connectivity index (χ1v) is 7.17. The van der Waals surface area contributed by atoms with Crippen LogP contribution >= 0.6 is 0 Å². The number of aromatic nitrogens is 4. The van der Waals surface area contributed by atoms with Gasteiger partial charge in [-0.3, -0.25) is 4.79 Å². The molecule has 0 N–H and O–H groups in total. The average molecular weight is 285 g/mol. The minimum atomic E-state index is -0.249. The van der Waals surface area contributed by atoms with Gasteiger partial charge in [0, 0.05) is 20.0 Å². The number of aryl methyl sites for hydroxylation is 1. The van der Waals surface area contributed by atoms with Gasteiger partial charge in [0.05, 0.1) is 12.5 Å². The fraction of sp³-hybridized carbons (Fsp3) is 0.467. The SMILES string of the molecule is CC(=O)N1CCC(c2ccccc2)(c2nnn(C)n2)CC1. The fourth-order valence-corrected chi connectivity index (χ4v) is 3.08. The zero-order valence-corrected chi connectivity index (χ0v) is 12.4. The molecule has 1 aromatic heterocycles. The largest absolute Gasteiger partial charge is 0.343 e. The minimum Gasteiger partial charge on any atom is -0.343 e. The van der Waals surface area contributed by atoms with Crippen molar-refractivity contribution in [3.8, 4) is 0 Å². The highest BCUT2D eigenvalue weighted by Gasteiger charge is 2.42. The molecule has 110 valence electrons. The lowest BCUT2D eigenvalue weighted by molar-refractivity contribution is -0.130. The number of piperidine rings is 1. The third-order valence-electron chi connectivity index (χ3n) is 4.33. The molecule has 0 unspecified atom stereocenters. The third kappa shape index (κ3) is 2.41. The monoisotopic (exact) mass is 285 g/mol. The zero-order valence-electron chi connectivity index (χ0n) is 12.4. The molecule has 0 bridgehead atoms. The normalized spacial score (nSPS) is 17.7. The summed E-state index contributed by atoms with van der Waals surface area (Å²) in [6, 6.07) is 10.3. The maximum absolute atomic E-state index is 11.6. The maximum Gasteiger partial charge on any atom is 0.219 e. The van der Waals surface area contributed by atoms with E-state index < -0.39 is 0 Å². The van der Waals surface area contributed by atoms with E-state index >= 15 is 0 Å². The third-order valence-corrected chi connectivity index (χ3v) is 4.33. The Bertz CT molecular complexity index is 629. The van der Waals surface area contributed by atoms with Gasteiger partial charge in [0.1, 0.15) is 0 Å². The Balaban J connectivity index is 1.99. The lowest BCUT2D eigenvalue weighted by Crippen LogP contribution is -2.45. The van der Waals surface area contributed by atoms with Crippen LogP contribution in [0.3, 0.4) is 0 Å². The topological polar surface area (TPSA) is 63.9 Å². The van der Waals surface area contributed by atoms with Crippen LogP contribution in [-0.4, -0.2) is 44.1 Å². The number of amides is 1. The van der Waals surface area contributed by atoms with Gasteiger partial charge in [-0.2, -0.15) is 4.80 Å². The first kappa shape index (κ1) is 13.7. The van der Waals surface area contributed by atoms with Crippen LogP contribution < -0.4 is 0 Å². The Morgan fingerprint density at radius 3 is 2.38 bits per heavy atom. The highest BCUT2D eigenvalue weighted by molar-refractivity contribution is 5.73. The number of hydrogen-bond acceptors (Lipinski definition) is 4. The van der Waals surface area contributed by atoms with Gasteiger partial charge in [-0.15, -0.1) is 10.2 Å². The van der Waals surface area contributed by atoms with E-state index in [1.165, 1.54) is 10.4 Å². The molecule has 6 nitrogen and oxygen atoms in total. The van der Waals surface area contributed by atoms with E-state index in [2.05, 4.69) is 27.5 Å². The van der Waals surface area contributed by atoms with Gasteiger partial charge in [0.15, 0.2) is 5.82 Å². The van der Waals surface area contributed by atoms with Crippen LogP contribution in [0.25, 0.3) is 0 Å². The van der Waals surface area contributed by atoms with Crippen molar-refractivity contribution < 1.29 is 4.79 Å². The highest BCUT2D eigenvalue weighted by Crippen LogP contribution is 2.39. The van der Waals surface area contributed by atoms with Crippen molar-refractivity contribution in [2.24, 2.45) is 7.05 Å². The van der Waals surface area contributed by atoms with Crippen LogP contribution in [0, 0.1) is 0 Å². The van der Waals surface area contributed by atoms with Crippen LogP contribution in [0.4, 0.5) is 0 Å². The number of carbonyl (C=O) groups excluding carboxylic acids is 1. The van der Waals surface area contributed by atoms with Gasteiger partial charge in [-0.1, -0.05) is 30.3 Å². The summed E-state index contributed by atoms with van der Waals surface area (Å²) in [4.78, 5) is 14.9. The molecule has 1 amide bonds. The van der Waals surface area contributed by atoms with Crippen molar-refractivity contribution in [2.45, 2.75) is 25.2 Å². The van der Waals surface area contributed by atoms with Crippen LogP contribution in [0.5, 0.6) is 0 Å². The number of tetrazole rings is 1. The molecule has 1 aliphatic heterocycles. The number of nitrogens with zero attached hydrogens (tertiary/aromatic N) is 5. The Morgan fingerprint density at radius 2 is 1.86 bits per heavy atom. The van der Waals surface area contributed by atoms with Crippen molar-refractivity contribution in [1.29, 1.82) is 0 Å². The molecule has 0 aliphatic carbocycles. The zero-order chi connectivity index (χ0) is 14.9. The van der Waals surface area contributed by atoms with Crippen LogP contribution in [-0.2, 0) is 17.3 Å². The lowest BCUT2D eigenvalue weighted by atomic mass is 9.72. The molecule has 2 heterocycles. The second-order valence-corrected chi connectivity index (χ2v) is 5.56. The van der Waals surface area contributed by atoms with Crippen LogP contribution in [0.15, 0.2) is 30.3 Å². The first-order valence-electron chi connectivity index (χ1n) is 7.17. The van der Waals surface area contributed by atoms with Crippen LogP contribution in [0.1, 0.15) is 31.2 Å². The van der Waals surface area contributed by atoms with Gasteiger partial charge >= 0.3 is 0 Å². The predicted molar refractivity (Wildman–Crippen MR) is 77.5 cm³/mol. The quantitative estimate of drug-likeness (QED) is 0.830. The van der Waals surface area contributed by atoms with Crippen LogP contribution in [0.2, 0.25) is 0 Å². The summed E-state index contributed by atoms with van der Waals surface area (Å²) in [7, 11) is 1.78. The fourth-order valence-electron chi connectivity index (χ4n) is 3.08. The average Bonchev–Trinajstić information content (AvgIpc) is 2.95. The van der Waals surface area contributed by atoms with E-state index in [9.17, 15) is 4.79 Å². The van der Waals surface area contributed by atoms with Crippen molar-refractivity contribution in [2.75, 3.05) is 13.1 Å². The van der Waals surface area contributed by atoms with Gasteiger partial charge in [0.25, 0.3) is 0 Å². The number of carbonyl (C=O) groups is 1. The Kier molecular flexibility index (Phi) is 3.45. The minimum absolute atomic E-state index is 0.128. The Morgan fingerprint density at radius 1 is 1.19 bits per heavy atom. The molecule has 0 spiro atoms. The lowest BCUT2D eigenvalue weighted by Gasteiger charge is -2.39. The summed E-state index contributed by atoms with van der Waals surface area (Å²) in [6.07, 6.45) is 1.64. The number of hydrogen-bond donors (Lipinski definition) is 0. The second kappa shape index (κ2) is 5.27. The van der Waals surface area contributed by atoms with E-state index in [1.54, 1.807) is 14.0 Å². The maximum atomic E-state index is 11.6. The summed E-state index contributed by atoms with van der Waals surface area (Å²) >= 11 is 0. The number of benzene rings is 1. The van der Waals surface area contributed by atoms with Gasteiger partial charge in [-0.05, 0) is 23.6 Å². The van der Waals surface area contributed by atoms with Crippen molar-refractivity contribution in [1.82, 2.24) is 25.1 Å². The molecular formula is C15H19N5O. The Hall–Kier alpha value is -2.24. The van der Waals surface area contributed by atoms with Crippen molar-refractivity contribution in [3.63, 3.8) is 0 Å². The van der Waals surface area contributed by atoms with Gasteiger partial charge < -0.3 is 4.90 Å². The highest BCUT2D eigenvalue weighted by atomic mass is 16.2. The smallest absolute Gasteiger partial charge is 0.219 e. The number of likely N-dealkylation sites (tertiary alicyclic amines) is 1. The standard InChI is InChI=1S/C15H19N5O/c1-12(21)20-10-8-15(9-11-20,13-6-4-3-5-7-13)14-16-18-19(2)17-14/h3-7H,8-11H2,1-2H3. The molecule has 21 heavy (non-hydrogen) atoms. The van der Waals surface area contributed by atoms with E-state index in [1.807, 2.05) is 23.1 Å². The summed E-state index contributed by atoms with van der Waals surface area (Å²) in [5, 5.41) is 12.7. The molecule has 3 rings (SSSR count). The first-order chi connectivity index (χ1) is 10.1. The van der Waals surface area contributed by atoms with E-state index in [-0.39, 0.29) is 11.3 Å². The molecular weight excluding hydrogens is 266 g/mol. The van der Waals surface area contributed by atoms with E-state index in [0.29, 0.717) is 0 Å². The molecule has 0 atom stereocenters.